The maximum absolute atomic E-state index is 13.8. The van der Waals surface area contributed by atoms with E-state index in [1.54, 1.807) is 6.07 Å². The number of rotatable bonds is 8. The number of aromatic nitrogens is 1. The van der Waals surface area contributed by atoms with Crippen molar-refractivity contribution in [2.45, 2.75) is 25.3 Å². The molecule has 1 N–H and O–H groups in total. The van der Waals surface area contributed by atoms with Gasteiger partial charge >= 0.3 is 0 Å². The van der Waals surface area contributed by atoms with Crippen molar-refractivity contribution >= 4 is 5.71 Å². The molecule has 2 heterocycles. The van der Waals surface area contributed by atoms with E-state index in [1.165, 1.54) is 12.1 Å². The number of piperidine rings is 1. The number of pyridine rings is 1. The van der Waals surface area contributed by atoms with Crippen LogP contribution in [0.25, 0.3) is 0 Å². The molecular weight excluding hydrogens is 443 g/mol. The van der Waals surface area contributed by atoms with Crippen LogP contribution in [0.4, 0.5) is 13.2 Å². The van der Waals surface area contributed by atoms with E-state index in [4.69, 9.17) is 4.84 Å². The van der Waals surface area contributed by atoms with E-state index in [0.717, 1.165) is 55.9 Å². The lowest BCUT2D eigenvalue weighted by Gasteiger charge is -2.32. The van der Waals surface area contributed by atoms with E-state index >= 15 is 0 Å². The lowest BCUT2D eigenvalue weighted by Crippen LogP contribution is -2.33. The summed E-state index contributed by atoms with van der Waals surface area (Å²) in [6, 6.07) is 16.4. The van der Waals surface area contributed by atoms with Crippen molar-refractivity contribution in [2.24, 2.45) is 5.16 Å². The molecule has 0 aliphatic carbocycles. The molecule has 1 saturated heterocycles. The van der Waals surface area contributed by atoms with Crippen LogP contribution in [0.15, 0.2) is 70.6 Å². The first-order chi connectivity index (χ1) is 16.5. The number of hydrogen-bond donors (Lipinski definition) is 1. The first-order valence-electron chi connectivity index (χ1n) is 11.3. The highest BCUT2D eigenvalue weighted by molar-refractivity contribution is 6.12. The van der Waals surface area contributed by atoms with E-state index < -0.39 is 18.3 Å². The number of likely N-dealkylation sites (tertiary alicyclic amines) is 1. The van der Waals surface area contributed by atoms with Gasteiger partial charge in [0.05, 0.1) is 0 Å². The van der Waals surface area contributed by atoms with Crippen LogP contribution in [0, 0.1) is 11.6 Å². The van der Waals surface area contributed by atoms with Crippen molar-refractivity contribution in [3.05, 3.63) is 105 Å². The number of alkyl halides is 1. The summed E-state index contributed by atoms with van der Waals surface area (Å²) in [6.07, 6.45) is 1.94. The average molecular weight is 470 g/mol. The third kappa shape index (κ3) is 5.94. The molecule has 0 unspecified atom stereocenters. The molecule has 0 radical (unpaired) electrons. The Balaban J connectivity index is 1.42. The van der Waals surface area contributed by atoms with Gasteiger partial charge in [-0.15, -0.1) is 0 Å². The first kappa shape index (κ1) is 23.8. The van der Waals surface area contributed by atoms with Crippen molar-refractivity contribution in [2.75, 3.05) is 26.4 Å². The van der Waals surface area contributed by atoms with Crippen molar-refractivity contribution in [1.82, 2.24) is 9.88 Å². The van der Waals surface area contributed by atoms with Crippen LogP contribution >= 0.6 is 0 Å². The van der Waals surface area contributed by atoms with Crippen LogP contribution in [0.1, 0.15) is 41.1 Å². The molecule has 0 bridgehead atoms. The largest absolute Gasteiger partial charge is 0.392 e. The molecule has 4 rings (SSSR count). The van der Waals surface area contributed by atoms with Crippen molar-refractivity contribution in [3.8, 4) is 0 Å². The third-order valence-electron chi connectivity index (χ3n) is 5.97. The van der Waals surface area contributed by atoms with Gasteiger partial charge in [0.15, 0.2) is 11.6 Å². The lowest BCUT2D eigenvalue weighted by molar-refractivity contribution is 0.128. The predicted molar refractivity (Wildman–Crippen MR) is 125 cm³/mol. The number of halogens is 3. The van der Waals surface area contributed by atoms with Crippen LogP contribution in [-0.2, 0) is 11.4 Å². The van der Waals surface area contributed by atoms with E-state index in [-0.39, 0.29) is 12.2 Å². The number of oxime groups is 1. The second kappa shape index (κ2) is 11.2. The molecule has 0 atom stereocenters. The molecule has 2 aromatic carbocycles. The van der Waals surface area contributed by atoms with E-state index in [9.17, 15) is 18.0 Å². The number of aromatic amines is 1. The summed E-state index contributed by atoms with van der Waals surface area (Å²) in [4.78, 5) is 21.9. The molecule has 3 aromatic rings. The average Bonchev–Trinajstić information content (AvgIpc) is 2.85. The van der Waals surface area contributed by atoms with Gasteiger partial charge in [-0.25, -0.2) is 13.2 Å². The highest BCUT2D eigenvalue weighted by Gasteiger charge is 2.21. The molecule has 0 amide bonds. The summed E-state index contributed by atoms with van der Waals surface area (Å²) >= 11 is 0. The van der Waals surface area contributed by atoms with Gasteiger partial charge in [0, 0.05) is 35.3 Å². The van der Waals surface area contributed by atoms with Crippen LogP contribution in [0.2, 0.25) is 0 Å². The van der Waals surface area contributed by atoms with Crippen molar-refractivity contribution in [1.29, 1.82) is 0 Å². The quantitative estimate of drug-likeness (QED) is 0.294. The fourth-order valence-corrected chi connectivity index (χ4v) is 4.19. The summed E-state index contributed by atoms with van der Waals surface area (Å²) < 4.78 is 39.6. The van der Waals surface area contributed by atoms with Crippen LogP contribution in [-0.4, -0.2) is 42.0 Å². The molecule has 34 heavy (non-hydrogen) atoms. The van der Waals surface area contributed by atoms with Crippen LogP contribution in [0.3, 0.4) is 0 Å². The fourth-order valence-electron chi connectivity index (χ4n) is 4.19. The van der Waals surface area contributed by atoms with Crippen molar-refractivity contribution < 1.29 is 18.0 Å². The second-order valence-corrected chi connectivity index (χ2v) is 8.31. The molecule has 0 spiro atoms. The van der Waals surface area contributed by atoms with Crippen LogP contribution < -0.4 is 5.56 Å². The molecule has 5 nitrogen and oxygen atoms in total. The molecule has 8 heteroatoms. The number of nitrogens with zero attached hydrogens (tertiary/aromatic N) is 2. The Bertz CT molecular complexity index is 1190. The number of hydrogen-bond acceptors (Lipinski definition) is 4. The maximum Gasteiger partial charge on any atom is 0.248 e. The highest BCUT2D eigenvalue weighted by atomic mass is 19.2. The normalized spacial score (nSPS) is 15.4. The summed E-state index contributed by atoms with van der Waals surface area (Å²) in [5.41, 5.74) is 3.32. The molecule has 1 aliphatic heterocycles. The monoisotopic (exact) mass is 469 g/mol. The smallest absolute Gasteiger partial charge is 0.248 e. The molecular formula is C26H26F3N3O2. The third-order valence-corrected chi connectivity index (χ3v) is 5.97. The Labute approximate surface area is 195 Å². The zero-order chi connectivity index (χ0) is 23.9. The van der Waals surface area contributed by atoms with E-state index in [1.807, 2.05) is 30.3 Å². The summed E-state index contributed by atoms with van der Waals surface area (Å²) in [6.45, 7) is 1.68. The Hall–Kier alpha value is -3.39. The Kier molecular flexibility index (Phi) is 7.80. The molecule has 1 aromatic heterocycles. The minimum absolute atomic E-state index is 0.0682. The van der Waals surface area contributed by atoms with Gasteiger partial charge in [-0.3, -0.25) is 9.69 Å². The number of benzene rings is 2. The van der Waals surface area contributed by atoms with Gasteiger partial charge < -0.3 is 9.82 Å². The predicted octanol–water partition coefficient (Wildman–Crippen LogP) is 4.77. The van der Waals surface area contributed by atoms with Gasteiger partial charge in [-0.1, -0.05) is 35.5 Å². The van der Waals surface area contributed by atoms with E-state index in [2.05, 4.69) is 15.0 Å². The minimum atomic E-state index is -0.990. The summed E-state index contributed by atoms with van der Waals surface area (Å²) in [5, 5.41) is 3.97. The van der Waals surface area contributed by atoms with Gasteiger partial charge in [0.25, 0.3) is 0 Å². The maximum atomic E-state index is 13.8. The Morgan fingerprint density at radius 3 is 2.41 bits per heavy atom. The van der Waals surface area contributed by atoms with Gasteiger partial charge in [0.1, 0.15) is 19.0 Å². The van der Waals surface area contributed by atoms with Crippen LogP contribution in [0.5, 0.6) is 0 Å². The Morgan fingerprint density at radius 2 is 1.74 bits per heavy atom. The molecule has 1 aliphatic rings. The molecule has 0 saturated carbocycles. The minimum Gasteiger partial charge on any atom is -0.392 e. The zero-order valence-electron chi connectivity index (χ0n) is 18.6. The van der Waals surface area contributed by atoms with Gasteiger partial charge in [-0.05, 0) is 55.8 Å². The lowest BCUT2D eigenvalue weighted by atomic mass is 9.92. The summed E-state index contributed by atoms with van der Waals surface area (Å²) in [7, 11) is 0. The standard InChI is InChI=1S/C26H26F3N3O2/c27-12-15-34-31-26(21-8-9-22(28)23(29)16-21)20-6-4-18(5-7-20)17-32-13-10-19(11-14-32)24-2-1-3-25(33)30-24/h1-9,16,19H,10-15,17H2,(H,30,33)/b31-26-. The number of nitrogens with one attached hydrogen (secondary N) is 1. The topological polar surface area (TPSA) is 57.7 Å². The van der Waals surface area contributed by atoms with Gasteiger partial charge in [0.2, 0.25) is 5.56 Å². The van der Waals surface area contributed by atoms with Crippen molar-refractivity contribution in [3.63, 3.8) is 0 Å². The second-order valence-electron chi connectivity index (χ2n) is 8.31. The molecule has 178 valence electrons. The molecule has 1 fully saturated rings. The highest BCUT2D eigenvalue weighted by Crippen LogP contribution is 2.27. The summed E-state index contributed by atoms with van der Waals surface area (Å²) in [5.74, 6) is -1.59. The van der Waals surface area contributed by atoms with E-state index in [0.29, 0.717) is 22.8 Å². The first-order valence-corrected chi connectivity index (χ1v) is 11.3. The zero-order valence-corrected chi connectivity index (χ0v) is 18.6. The number of H-pyrrole nitrogens is 1. The SMILES string of the molecule is O=c1cccc(C2CCN(Cc3ccc(/C(=N/OCCF)c4ccc(F)c(F)c4)cc3)CC2)[nH]1. The van der Waals surface area contributed by atoms with Gasteiger partial charge in [-0.2, -0.15) is 0 Å². The Morgan fingerprint density at radius 1 is 1.00 bits per heavy atom. The fraction of sp³-hybridized carbons (Fsp3) is 0.308.